The van der Waals surface area contributed by atoms with Crippen LogP contribution in [0.5, 0.6) is 0 Å². The summed E-state index contributed by atoms with van der Waals surface area (Å²) in [6.45, 7) is 0. The number of primary sulfonamides is 1. The first-order valence-corrected chi connectivity index (χ1v) is 5.08. The highest BCUT2D eigenvalue weighted by atomic mass is 32.2. The molecule has 3 N–H and O–H groups in total. The minimum atomic E-state index is -3.61. The second-order valence-corrected chi connectivity index (χ2v) is 4.23. The number of nitrogens with one attached hydrogen (secondary N) is 1. The molecule has 0 aliphatic carbocycles. The van der Waals surface area contributed by atoms with Gasteiger partial charge in [-0.05, 0) is 18.2 Å². The first-order chi connectivity index (χ1) is 6.07. The number of hydrogen-bond donors (Lipinski definition) is 2. The predicted molar refractivity (Wildman–Crippen MR) is 47.5 cm³/mol. The SMILES string of the molecule is NS(=O)(=O)c1ccc2[nH]ncc2c1. The van der Waals surface area contributed by atoms with Gasteiger partial charge >= 0.3 is 0 Å². The summed E-state index contributed by atoms with van der Waals surface area (Å²) in [4.78, 5) is 0.0985. The second-order valence-electron chi connectivity index (χ2n) is 2.66. The average Bonchev–Trinajstić information content (AvgIpc) is 2.47. The zero-order chi connectivity index (χ0) is 9.47. The van der Waals surface area contributed by atoms with E-state index in [1.165, 1.54) is 12.1 Å². The van der Waals surface area contributed by atoms with Crippen LogP contribution in [0.25, 0.3) is 10.9 Å². The molecular formula is C7H7N3O2S. The number of nitrogens with two attached hydrogens (primary N) is 1. The Morgan fingerprint density at radius 1 is 1.38 bits per heavy atom. The largest absolute Gasteiger partial charge is 0.278 e. The fourth-order valence-corrected chi connectivity index (χ4v) is 1.65. The third-order valence-corrected chi connectivity index (χ3v) is 2.65. The van der Waals surface area contributed by atoms with Crippen molar-refractivity contribution >= 4 is 20.9 Å². The highest BCUT2D eigenvalue weighted by molar-refractivity contribution is 7.89. The van der Waals surface area contributed by atoms with Crippen LogP contribution >= 0.6 is 0 Å². The molecule has 0 aliphatic rings. The van der Waals surface area contributed by atoms with Crippen molar-refractivity contribution in [3.05, 3.63) is 24.4 Å². The van der Waals surface area contributed by atoms with Gasteiger partial charge in [-0.15, -0.1) is 0 Å². The van der Waals surface area contributed by atoms with Gasteiger partial charge in [0.1, 0.15) is 0 Å². The number of rotatable bonds is 1. The van der Waals surface area contributed by atoms with Crippen molar-refractivity contribution in [1.82, 2.24) is 10.2 Å². The average molecular weight is 197 g/mol. The Kier molecular flexibility index (Phi) is 1.61. The van der Waals surface area contributed by atoms with Gasteiger partial charge in [0, 0.05) is 5.39 Å². The Morgan fingerprint density at radius 2 is 2.15 bits per heavy atom. The molecule has 0 spiro atoms. The van der Waals surface area contributed by atoms with Crippen LogP contribution in [0.4, 0.5) is 0 Å². The normalized spacial score (nSPS) is 12.1. The molecule has 0 radical (unpaired) electrons. The van der Waals surface area contributed by atoms with E-state index in [1.54, 1.807) is 12.3 Å². The molecule has 0 atom stereocenters. The topological polar surface area (TPSA) is 88.8 Å². The number of benzene rings is 1. The Morgan fingerprint density at radius 3 is 2.85 bits per heavy atom. The summed E-state index contributed by atoms with van der Waals surface area (Å²) in [5.74, 6) is 0. The van der Waals surface area contributed by atoms with Crippen molar-refractivity contribution in [3.63, 3.8) is 0 Å². The molecule has 0 unspecified atom stereocenters. The van der Waals surface area contributed by atoms with Crippen LogP contribution in [0, 0.1) is 0 Å². The van der Waals surface area contributed by atoms with Gasteiger partial charge in [-0.2, -0.15) is 5.10 Å². The van der Waals surface area contributed by atoms with Crippen molar-refractivity contribution in [2.75, 3.05) is 0 Å². The Labute approximate surface area is 74.6 Å². The molecule has 13 heavy (non-hydrogen) atoms. The van der Waals surface area contributed by atoms with Crippen LogP contribution in [0.2, 0.25) is 0 Å². The van der Waals surface area contributed by atoms with Gasteiger partial charge in [0.25, 0.3) is 0 Å². The molecule has 0 saturated heterocycles. The summed E-state index contributed by atoms with van der Waals surface area (Å²) in [6, 6.07) is 4.55. The molecule has 1 heterocycles. The summed E-state index contributed by atoms with van der Waals surface area (Å²) >= 11 is 0. The highest BCUT2D eigenvalue weighted by Crippen LogP contribution is 2.15. The van der Waals surface area contributed by atoms with Gasteiger partial charge in [0.05, 0.1) is 16.6 Å². The maximum absolute atomic E-state index is 10.9. The zero-order valence-corrected chi connectivity index (χ0v) is 7.38. The molecule has 2 aromatic rings. The molecule has 68 valence electrons. The molecule has 1 aromatic carbocycles. The Balaban J connectivity index is 2.75. The monoisotopic (exact) mass is 197 g/mol. The molecule has 0 amide bonds. The number of aromatic nitrogens is 2. The van der Waals surface area contributed by atoms with Crippen molar-refractivity contribution in [2.45, 2.75) is 4.90 Å². The van der Waals surface area contributed by atoms with Crippen LogP contribution in [-0.4, -0.2) is 18.6 Å². The standard InChI is InChI=1S/C7H7N3O2S/c8-13(11,12)6-1-2-7-5(3-6)4-9-10-7/h1-4H,(H,9,10)(H2,8,11,12). The molecular weight excluding hydrogens is 190 g/mol. The van der Waals surface area contributed by atoms with E-state index < -0.39 is 10.0 Å². The van der Waals surface area contributed by atoms with Gasteiger partial charge in [0.15, 0.2) is 0 Å². The molecule has 0 fully saturated rings. The van der Waals surface area contributed by atoms with Crippen LogP contribution in [-0.2, 0) is 10.0 Å². The van der Waals surface area contributed by atoms with Gasteiger partial charge in [0.2, 0.25) is 10.0 Å². The molecule has 1 aromatic heterocycles. The number of fused-ring (bicyclic) bond motifs is 1. The molecule has 5 nitrogen and oxygen atoms in total. The van der Waals surface area contributed by atoms with E-state index in [0.29, 0.717) is 0 Å². The molecule has 6 heteroatoms. The van der Waals surface area contributed by atoms with Crippen LogP contribution in [0.1, 0.15) is 0 Å². The van der Waals surface area contributed by atoms with Crippen molar-refractivity contribution in [1.29, 1.82) is 0 Å². The number of hydrogen-bond acceptors (Lipinski definition) is 3. The van der Waals surface area contributed by atoms with E-state index in [1.807, 2.05) is 0 Å². The lowest BCUT2D eigenvalue weighted by atomic mass is 10.3. The Bertz CT molecular complexity index is 544. The van der Waals surface area contributed by atoms with E-state index in [0.717, 1.165) is 10.9 Å². The summed E-state index contributed by atoms with van der Waals surface area (Å²) in [5.41, 5.74) is 0.785. The quantitative estimate of drug-likeness (QED) is 0.684. The van der Waals surface area contributed by atoms with E-state index in [-0.39, 0.29) is 4.90 Å². The second kappa shape index (κ2) is 2.54. The van der Waals surface area contributed by atoms with Gasteiger partial charge in [-0.3, -0.25) is 5.10 Å². The highest BCUT2D eigenvalue weighted by Gasteiger charge is 2.08. The lowest BCUT2D eigenvalue weighted by molar-refractivity contribution is 0.598. The summed E-state index contributed by atoms with van der Waals surface area (Å²) < 4.78 is 21.9. The Hall–Kier alpha value is -1.40. The summed E-state index contributed by atoms with van der Waals surface area (Å²) in [5, 5.41) is 12.2. The van der Waals surface area contributed by atoms with Gasteiger partial charge in [-0.1, -0.05) is 0 Å². The first kappa shape index (κ1) is 8.21. The van der Waals surface area contributed by atoms with Crippen molar-refractivity contribution < 1.29 is 8.42 Å². The lowest BCUT2D eigenvalue weighted by Crippen LogP contribution is -2.11. The molecule has 0 aliphatic heterocycles. The number of H-pyrrole nitrogens is 1. The van der Waals surface area contributed by atoms with Gasteiger partial charge < -0.3 is 0 Å². The van der Waals surface area contributed by atoms with Crippen LogP contribution in [0.15, 0.2) is 29.3 Å². The van der Waals surface area contributed by atoms with E-state index in [4.69, 9.17) is 5.14 Å². The number of nitrogens with zero attached hydrogens (tertiary/aromatic N) is 1. The van der Waals surface area contributed by atoms with Crippen LogP contribution in [0.3, 0.4) is 0 Å². The maximum atomic E-state index is 10.9. The predicted octanol–water partition coefficient (Wildman–Crippen LogP) is 0.210. The van der Waals surface area contributed by atoms with Crippen LogP contribution < -0.4 is 5.14 Å². The third kappa shape index (κ3) is 1.41. The lowest BCUT2D eigenvalue weighted by Gasteiger charge is -1.96. The number of sulfonamides is 1. The molecule has 2 rings (SSSR count). The summed E-state index contributed by atoms with van der Waals surface area (Å²) in [6.07, 6.45) is 1.55. The van der Waals surface area contributed by atoms with Crippen molar-refractivity contribution in [3.8, 4) is 0 Å². The van der Waals surface area contributed by atoms with Gasteiger partial charge in [-0.25, -0.2) is 13.6 Å². The van der Waals surface area contributed by atoms with E-state index in [9.17, 15) is 8.42 Å². The maximum Gasteiger partial charge on any atom is 0.238 e. The number of aromatic amines is 1. The zero-order valence-electron chi connectivity index (χ0n) is 6.56. The molecule has 0 saturated carbocycles. The van der Waals surface area contributed by atoms with Crippen molar-refractivity contribution in [2.24, 2.45) is 5.14 Å². The minimum Gasteiger partial charge on any atom is -0.278 e. The molecule has 0 bridgehead atoms. The smallest absolute Gasteiger partial charge is 0.238 e. The summed E-state index contributed by atoms with van der Waals surface area (Å²) in [7, 11) is -3.61. The minimum absolute atomic E-state index is 0.0985. The third-order valence-electron chi connectivity index (χ3n) is 1.74. The van der Waals surface area contributed by atoms with E-state index in [2.05, 4.69) is 10.2 Å². The fraction of sp³-hybridized carbons (Fsp3) is 0. The first-order valence-electron chi connectivity index (χ1n) is 3.53. The fourth-order valence-electron chi connectivity index (χ4n) is 1.10. The van der Waals surface area contributed by atoms with E-state index >= 15 is 0 Å².